The molecule has 2 N–H and O–H groups in total. The van der Waals surface area contributed by atoms with Crippen molar-refractivity contribution >= 4 is 11.8 Å². The Morgan fingerprint density at radius 3 is 2.65 bits per heavy atom. The van der Waals surface area contributed by atoms with Gasteiger partial charge in [0.25, 0.3) is 0 Å². The summed E-state index contributed by atoms with van der Waals surface area (Å²) < 4.78 is 0. The fourth-order valence-corrected chi connectivity index (χ4v) is 3.56. The number of hydrogen-bond donors (Lipinski definition) is 2. The van der Waals surface area contributed by atoms with Crippen LogP contribution in [0.15, 0.2) is 24.3 Å². The van der Waals surface area contributed by atoms with E-state index in [1.807, 2.05) is 6.08 Å². The van der Waals surface area contributed by atoms with E-state index < -0.39 is 5.97 Å². The molecule has 124 valence electrons. The van der Waals surface area contributed by atoms with Gasteiger partial charge in [-0.15, -0.1) is 0 Å². The zero-order chi connectivity index (χ0) is 17.1. The lowest BCUT2D eigenvalue weighted by Gasteiger charge is -2.34. The number of aromatic hydroxyl groups is 1. The molecule has 0 spiro atoms. The van der Waals surface area contributed by atoms with Gasteiger partial charge in [0, 0.05) is 5.56 Å². The Hall–Kier alpha value is -2.10. The predicted molar refractivity (Wildman–Crippen MR) is 89.1 cm³/mol. The summed E-state index contributed by atoms with van der Waals surface area (Å²) in [4.78, 5) is 22.3. The van der Waals surface area contributed by atoms with Gasteiger partial charge in [0.15, 0.2) is 5.78 Å². The summed E-state index contributed by atoms with van der Waals surface area (Å²) in [6, 6.07) is 3.06. The summed E-state index contributed by atoms with van der Waals surface area (Å²) in [5.74, 6) is -0.208. The molecule has 1 aromatic carbocycles. The van der Waals surface area contributed by atoms with E-state index in [9.17, 15) is 19.8 Å². The largest absolute Gasteiger partial charge is 0.508 e. The maximum atomic E-state index is 11.3. The van der Waals surface area contributed by atoms with Crippen molar-refractivity contribution in [3.05, 3.63) is 41.0 Å². The number of aromatic carboxylic acids is 1. The molecule has 1 aliphatic rings. The first-order valence-corrected chi connectivity index (χ1v) is 8.08. The maximum absolute atomic E-state index is 11.3. The fourth-order valence-electron chi connectivity index (χ4n) is 3.56. The Labute approximate surface area is 136 Å². The molecule has 0 unspecified atom stereocenters. The number of phenols is 1. The Bertz CT molecular complexity index is 645. The van der Waals surface area contributed by atoms with Gasteiger partial charge in [-0.05, 0) is 67.7 Å². The standard InChI is InChI=1S/C19H24O4/c1-11(5-4-6-13(3)20)15-8-7-12(2)18-16(15)9-14(19(22)23)10-17(18)21/h4,6,9-12,15,21H,5,7-8H2,1-3H3,(H,22,23)/b6-4+/t11-,12+,15-/m0/s1. The van der Waals surface area contributed by atoms with Crippen molar-refractivity contribution in [2.24, 2.45) is 5.92 Å². The van der Waals surface area contributed by atoms with Crippen LogP contribution in [0.2, 0.25) is 0 Å². The van der Waals surface area contributed by atoms with Crippen LogP contribution in [0.25, 0.3) is 0 Å². The van der Waals surface area contributed by atoms with Gasteiger partial charge in [0.1, 0.15) is 5.75 Å². The normalized spacial score (nSPS) is 21.9. The number of fused-ring (bicyclic) bond motifs is 1. The molecule has 2 rings (SSSR count). The summed E-state index contributed by atoms with van der Waals surface area (Å²) in [5.41, 5.74) is 1.96. The number of phenolic OH excluding ortho intramolecular Hbond substituents is 1. The molecule has 1 aromatic rings. The van der Waals surface area contributed by atoms with E-state index in [0.717, 1.165) is 30.4 Å². The Morgan fingerprint density at radius 2 is 2.04 bits per heavy atom. The Balaban J connectivity index is 2.37. The quantitative estimate of drug-likeness (QED) is 0.797. The third-order valence-corrected chi connectivity index (χ3v) is 4.79. The number of carbonyl (C=O) groups excluding carboxylic acids is 1. The van der Waals surface area contributed by atoms with Gasteiger partial charge in [0.2, 0.25) is 0 Å². The number of carbonyl (C=O) groups is 2. The average molecular weight is 316 g/mol. The van der Waals surface area contributed by atoms with E-state index in [1.165, 1.54) is 13.0 Å². The molecule has 0 saturated carbocycles. The van der Waals surface area contributed by atoms with Gasteiger partial charge in [-0.1, -0.05) is 19.9 Å². The van der Waals surface area contributed by atoms with E-state index in [0.29, 0.717) is 0 Å². The van der Waals surface area contributed by atoms with Crippen LogP contribution in [0.3, 0.4) is 0 Å². The van der Waals surface area contributed by atoms with Crippen molar-refractivity contribution in [2.75, 3.05) is 0 Å². The monoisotopic (exact) mass is 316 g/mol. The first-order chi connectivity index (χ1) is 10.8. The molecule has 4 heteroatoms. The van der Waals surface area contributed by atoms with Gasteiger partial charge >= 0.3 is 5.97 Å². The molecule has 0 radical (unpaired) electrons. The smallest absolute Gasteiger partial charge is 0.335 e. The summed E-state index contributed by atoms with van der Waals surface area (Å²) >= 11 is 0. The van der Waals surface area contributed by atoms with Gasteiger partial charge in [-0.2, -0.15) is 0 Å². The van der Waals surface area contributed by atoms with Crippen LogP contribution >= 0.6 is 0 Å². The summed E-state index contributed by atoms with van der Waals surface area (Å²) in [7, 11) is 0. The second-order valence-electron chi connectivity index (χ2n) is 6.61. The number of benzene rings is 1. The molecule has 0 bridgehead atoms. The molecule has 4 nitrogen and oxygen atoms in total. The third-order valence-electron chi connectivity index (χ3n) is 4.79. The van der Waals surface area contributed by atoms with Crippen LogP contribution in [-0.4, -0.2) is 22.0 Å². The lowest BCUT2D eigenvalue weighted by atomic mass is 9.71. The molecule has 1 aliphatic carbocycles. The number of allylic oxidation sites excluding steroid dienone is 2. The zero-order valence-corrected chi connectivity index (χ0v) is 13.9. The number of carboxylic acid groups (broad SMARTS) is 1. The van der Waals surface area contributed by atoms with E-state index in [4.69, 9.17) is 0 Å². The van der Waals surface area contributed by atoms with Gasteiger partial charge < -0.3 is 10.2 Å². The second-order valence-corrected chi connectivity index (χ2v) is 6.61. The molecular weight excluding hydrogens is 292 g/mol. The number of rotatable bonds is 5. The average Bonchev–Trinajstić information content (AvgIpc) is 2.46. The molecule has 0 aromatic heterocycles. The highest BCUT2D eigenvalue weighted by atomic mass is 16.4. The van der Waals surface area contributed by atoms with Crippen molar-refractivity contribution in [3.63, 3.8) is 0 Å². The second kappa shape index (κ2) is 6.99. The molecule has 0 saturated heterocycles. The summed E-state index contributed by atoms with van der Waals surface area (Å²) in [6.45, 7) is 5.70. The minimum Gasteiger partial charge on any atom is -0.508 e. The van der Waals surface area contributed by atoms with Crippen molar-refractivity contribution in [3.8, 4) is 5.75 Å². The first kappa shape index (κ1) is 17.3. The van der Waals surface area contributed by atoms with Crippen LogP contribution < -0.4 is 0 Å². The van der Waals surface area contributed by atoms with Crippen LogP contribution in [0.4, 0.5) is 0 Å². The van der Waals surface area contributed by atoms with E-state index in [2.05, 4.69) is 13.8 Å². The molecular formula is C19H24O4. The minimum absolute atomic E-state index is 0.0284. The highest BCUT2D eigenvalue weighted by Gasteiger charge is 2.31. The number of ketones is 1. The van der Waals surface area contributed by atoms with Crippen molar-refractivity contribution in [1.29, 1.82) is 0 Å². The van der Waals surface area contributed by atoms with Gasteiger partial charge in [-0.3, -0.25) is 4.79 Å². The van der Waals surface area contributed by atoms with Gasteiger partial charge in [0.05, 0.1) is 5.56 Å². The van der Waals surface area contributed by atoms with Crippen molar-refractivity contribution < 1.29 is 19.8 Å². The molecule has 0 amide bonds. The highest BCUT2D eigenvalue weighted by molar-refractivity contribution is 5.89. The first-order valence-electron chi connectivity index (χ1n) is 8.08. The van der Waals surface area contributed by atoms with Crippen LogP contribution in [-0.2, 0) is 4.79 Å². The minimum atomic E-state index is -1.02. The maximum Gasteiger partial charge on any atom is 0.335 e. The molecule has 0 aliphatic heterocycles. The SMILES string of the molecule is CC(=O)/C=C/C[C@H](C)[C@@H]1CC[C@@H](C)c2c(O)cc(C(=O)O)cc21. The third kappa shape index (κ3) is 3.81. The van der Waals surface area contributed by atoms with E-state index in [-0.39, 0.29) is 34.8 Å². The topological polar surface area (TPSA) is 74.6 Å². The number of hydrogen-bond acceptors (Lipinski definition) is 3. The number of carboxylic acids is 1. The van der Waals surface area contributed by atoms with E-state index in [1.54, 1.807) is 12.1 Å². The molecule has 0 heterocycles. The highest BCUT2D eigenvalue weighted by Crippen LogP contribution is 2.47. The van der Waals surface area contributed by atoms with Gasteiger partial charge in [-0.25, -0.2) is 4.79 Å². The zero-order valence-electron chi connectivity index (χ0n) is 13.9. The van der Waals surface area contributed by atoms with E-state index >= 15 is 0 Å². The Kier molecular flexibility index (Phi) is 5.24. The Morgan fingerprint density at radius 1 is 1.35 bits per heavy atom. The van der Waals surface area contributed by atoms with Crippen LogP contribution in [0.1, 0.15) is 73.4 Å². The molecule has 0 fully saturated rings. The molecule has 3 atom stereocenters. The van der Waals surface area contributed by atoms with Crippen LogP contribution in [0.5, 0.6) is 5.75 Å². The summed E-state index contributed by atoms with van der Waals surface area (Å²) in [5, 5.41) is 19.5. The predicted octanol–water partition coefficient (Wildman–Crippen LogP) is 4.24. The van der Waals surface area contributed by atoms with Crippen molar-refractivity contribution in [1.82, 2.24) is 0 Å². The summed E-state index contributed by atoms with van der Waals surface area (Å²) in [6.07, 6.45) is 6.15. The fraction of sp³-hybridized carbons (Fsp3) is 0.474. The van der Waals surface area contributed by atoms with Crippen LogP contribution in [0, 0.1) is 5.92 Å². The lowest BCUT2D eigenvalue weighted by Crippen LogP contribution is -2.19. The lowest BCUT2D eigenvalue weighted by molar-refractivity contribution is -0.112. The molecule has 23 heavy (non-hydrogen) atoms. The van der Waals surface area contributed by atoms with Crippen molar-refractivity contribution in [2.45, 2.75) is 51.9 Å².